The molecule has 10 heteroatoms. The van der Waals surface area contributed by atoms with Gasteiger partial charge >= 0.3 is 0 Å². The van der Waals surface area contributed by atoms with Gasteiger partial charge in [-0.15, -0.1) is 0 Å². The number of nitrogens with zero attached hydrogens (tertiary/aromatic N) is 4. The van der Waals surface area contributed by atoms with Crippen molar-refractivity contribution in [1.82, 2.24) is 24.6 Å². The number of rotatable bonds is 5. The van der Waals surface area contributed by atoms with Crippen LogP contribution in [0.2, 0.25) is 0 Å². The molecular weight excluding hydrogens is 440 g/mol. The van der Waals surface area contributed by atoms with Crippen molar-refractivity contribution in [2.45, 2.75) is 38.3 Å². The predicted molar refractivity (Wildman–Crippen MR) is 124 cm³/mol. The fourth-order valence-corrected chi connectivity index (χ4v) is 5.43. The highest BCUT2D eigenvalue weighted by Crippen LogP contribution is 2.29. The number of imidazole rings is 1. The maximum atomic E-state index is 13.7. The Morgan fingerprint density at radius 3 is 2.76 bits per heavy atom. The molecule has 0 unspecified atom stereocenters. The second kappa shape index (κ2) is 8.04. The number of hydrogen-bond acceptors (Lipinski definition) is 5. The summed E-state index contributed by atoms with van der Waals surface area (Å²) in [6.07, 6.45) is 2.44. The Morgan fingerprint density at radius 1 is 1.21 bits per heavy atom. The average molecular weight is 465 g/mol. The molecule has 2 aromatic carbocycles. The summed E-state index contributed by atoms with van der Waals surface area (Å²) in [4.78, 5) is 20.2. The lowest BCUT2D eigenvalue weighted by Crippen LogP contribution is -2.36. The molecule has 0 radical (unpaired) electrons. The summed E-state index contributed by atoms with van der Waals surface area (Å²) in [5, 5.41) is 7.06. The van der Waals surface area contributed by atoms with Crippen LogP contribution in [0.3, 0.4) is 0 Å². The average Bonchev–Trinajstić information content (AvgIpc) is 3.41. The fourth-order valence-electron chi connectivity index (χ4n) is 4.37. The van der Waals surface area contributed by atoms with E-state index in [1.165, 1.54) is 12.1 Å². The molecule has 4 aromatic rings. The number of aromatic nitrogens is 4. The molecule has 2 N–H and O–H groups in total. The number of nitrogens with one attached hydrogen (secondary N) is 2. The standard InChI is InChI=1S/C23H24N6O3S/c1-3-29-15(2)25-21-12-17(27-33(31,32)18-7-5-4-6-8-18)11-19(22(21)29)23(30)28-10-9-20-16(14-28)13-24-26-20/h4-8,11-13,27H,3,9-10,14H2,1-2H3,(H,24,26). The van der Waals surface area contributed by atoms with Crippen molar-refractivity contribution in [2.24, 2.45) is 0 Å². The molecule has 0 aliphatic carbocycles. The van der Waals surface area contributed by atoms with Crippen molar-refractivity contribution in [3.8, 4) is 0 Å². The number of carbonyl (C=O) groups excluding carboxylic acids is 1. The van der Waals surface area contributed by atoms with Crippen LogP contribution in [0.15, 0.2) is 53.6 Å². The summed E-state index contributed by atoms with van der Waals surface area (Å²) in [6, 6.07) is 11.4. The third kappa shape index (κ3) is 3.76. The summed E-state index contributed by atoms with van der Waals surface area (Å²) in [5.41, 5.74) is 4.05. The third-order valence-electron chi connectivity index (χ3n) is 5.97. The number of sulfonamides is 1. The highest BCUT2D eigenvalue weighted by Gasteiger charge is 2.27. The van der Waals surface area contributed by atoms with E-state index in [0.29, 0.717) is 48.3 Å². The first-order valence-electron chi connectivity index (χ1n) is 10.8. The van der Waals surface area contributed by atoms with Crippen molar-refractivity contribution >= 4 is 32.7 Å². The van der Waals surface area contributed by atoms with Crippen molar-refractivity contribution in [3.63, 3.8) is 0 Å². The molecule has 0 fully saturated rings. The molecule has 1 amide bonds. The first kappa shape index (κ1) is 21.2. The number of aromatic amines is 1. The molecule has 0 atom stereocenters. The summed E-state index contributed by atoms with van der Waals surface area (Å²) in [5.74, 6) is 0.600. The molecule has 0 spiro atoms. The van der Waals surface area contributed by atoms with E-state index in [9.17, 15) is 13.2 Å². The molecule has 1 aliphatic heterocycles. The van der Waals surface area contributed by atoms with Gasteiger partial charge in [-0.25, -0.2) is 13.4 Å². The topological polar surface area (TPSA) is 113 Å². The van der Waals surface area contributed by atoms with Gasteiger partial charge in [0.05, 0.1) is 33.4 Å². The molecule has 0 saturated carbocycles. The first-order chi connectivity index (χ1) is 15.9. The molecule has 2 aromatic heterocycles. The first-order valence-corrected chi connectivity index (χ1v) is 12.2. The molecule has 1 aliphatic rings. The summed E-state index contributed by atoms with van der Waals surface area (Å²) in [6.45, 7) is 5.51. The minimum atomic E-state index is -3.81. The van der Waals surface area contributed by atoms with E-state index >= 15 is 0 Å². The van der Waals surface area contributed by atoms with Crippen LogP contribution in [0.25, 0.3) is 11.0 Å². The van der Waals surface area contributed by atoms with Gasteiger partial charge < -0.3 is 9.47 Å². The van der Waals surface area contributed by atoms with E-state index in [4.69, 9.17) is 0 Å². The molecule has 9 nitrogen and oxygen atoms in total. The SMILES string of the molecule is CCn1c(C)nc2cc(NS(=O)(=O)c3ccccc3)cc(C(=O)N3CCc4[nH]ncc4C3)c21. The Morgan fingerprint density at radius 2 is 2.00 bits per heavy atom. The lowest BCUT2D eigenvalue weighted by atomic mass is 10.1. The van der Waals surface area contributed by atoms with Gasteiger partial charge in [0, 0.05) is 37.3 Å². The maximum Gasteiger partial charge on any atom is 0.261 e. The van der Waals surface area contributed by atoms with Crippen LogP contribution in [0.4, 0.5) is 5.69 Å². The van der Waals surface area contributed by atoms with Gasteiger partial charge in [-0.3, -0.25) is 14.6 Å². The van der Waals surface area contributed by atoms with E-state index in [0.717, 1.165) is 17.1 Å². The van der Waals surface area contributed by atoms with E-state index in [1.807, 2.05) is 18.4 Å². The van der Waals surface area contributed by atoms with Crippen molar-refractivity contribution in [3.05, 3.63) is 71.3 Å². The number of benzene rings is 2. The Balaban J connectivity index is 1.59. The zero-order valence-corrected chi connectivity index (χ0v) is 19.2. The molecule has 33 heavy (non-hydrogen) atoms. The number of H-pyrrole nitrogens is 1. The number of fused-ring (bicyclic) bond motifs is 2. The molecule has 0 saturated heterocycles. The molecule has 5 rings (SSSR count). The van der Waals surface area contributed by atoms with Gasteiger partial charge in [-0.1, -0.05) is 18.2 Å². The third-order valence-corrected chi connectivity index (χ3v) is 7.37. The second-order valence-electron chi connectivity index (χ2n) is 8.06. The van der Waals surface area contributed by atoms with Gasteiger partial charge in [-0.2, -0.15) is 5.10 Å². The highest BCUT2D eigenvalue weighted by atomic mass is 32.2. The van der Waals surface area contributed by atoms with Crippen LogP contribution in [0.1, 0.15) is 34.4 Å². The number of carbonyl (C=O) groups is 1. The van der Waals surface area contributed by atoms with E-state index < -0.39 is 10.0 Å². The summed E-state index contributed by atoms with van der Waals surface area (Å²) in [7, 11) is -3.81. The Bertz CT molecular complexity index is 1460. The van der Waals surface area contributed by atoms with E-state index in [2.05, 4.69) is 19.9 Å². The van der Waals surface area contributed by atoms with Crippen LogP contribution in [0, 0.1) is 6.92 Å². The fraction of sp³-hybridized carbons (Fsp3) is 0.261. The lowest BCUT2D eigenvalue weighted by molar-refractivity contribution is 0.0736. The Kier molecular flexibility index (Phi) is 5.16. The normalized spacial score (nSPS) is 13.8. The highest BCUT2D eigenvalue weighted by molar-refractivity contribution is 7.92. The summed E-state index contributed by atoms with van der Waals surface area (Å²) < 4.78 is 30.4. The maximum absolute atomic E-state index is 13.7. The molecule has 170 valence electrons. The van der Waals surface area contributed by atoms with Crippen LogP contribution in [0.5, 0.6) is 0 Å². The van der Waals surface area contributed by atoms with Crippen molar-refractivity contribution in [1.29, 1.82) is 0 Å². The molecular formula is C23H24N6O3S. The van der Waals surface area contributed by atoms with Crippen molar-refractivity contribution in [2.75, 3.05) is 11.3 Å². The van der Waals surface area contributed by atoms with Gasteiger partial charge in [0.2, 0.25) is 0 Å². The quantitative estimate of drug-likeness (QED) is 0.471. The molecule has 3 heterocycles. The van der Waals surface area contributed by atoms with Crippen molar-refractivity contribution < 1.29 is 13.2 Å². The Hall–Kier alpha value is -3.66. The van der Waals surface area contributed by atoms with Gasteiger partial charge in [-0.05, 0) is 38.1 Å². The smallest absolute Gasteiger partial charge is 0.261 e. The van der Waals surface area contributed by atoms with Gasteiger partial charge in [0.1, 0.15) is 5.82 Å². The van der Waals surface area contributed by atoms with Crippen LogP contribution < -0.4 is 4.72 Å². The van der Waals surface area contributed by atoms with Crippen LogP contribution in [-0.4, -0.2) is 45.5 Å². The van der Waals surface area contributed by atoms with E-state index in [-0.39, 0.29) is 10.8 Å². The zero-order valence-electron chi connectivity index (χ0n) is 18.4. The minimum Gasteiger partial charge on any atom is -0.334 e. The van der Waals surface area contributed by atoms with Crippen LogP contribution >= 0.6 is 0 Å². The predicted octanol–water partition coefficient (Wildman–Crippen LogP) is 3.09. The van der Waals surface area contributed by atoms with Crippen LogP contribution in [-0.2, 0) is 29.5 Å². The number of aryl methyl sites for hydroxylation is 2. The lowest BCUT2D eigenvalue weighted by Gasteiger charge is -2.27. The minimum absolute atomic E-state index is 0.150. The zero-order chi connectivity index (χ0) is 23.2. The second-order valence-corrected chi connectivity index (χ2v) is 9.75. The number of anilines is 1. The monoisotopic (exact) mass is 464 g/mol. The summed E-state index contributed by atoms with van der Waals surface area (Å²) >= 11 is 0. The van der Waals surface area contributed by atoms with Gasteiger partial charge in [0.15, 0.2) is 0 Å². The molecule has 0 bridgehead atoms. The Labute approximate surface area is 191 Å². The van der Waals surface area contributed by atoms with E-state index in [1.54, 1.807) is 41.4 Å². The van der Waals surface area contributed by atoms with Gasteiger partial charge in [0.25, 0.3) is 15.9 Å². The number of amides is 1. The number of hydrogen-bond donors (Lipinski definition) is 2. The largest absolute Gasteiger partial charge is 0.334 e.